The van der Waals surface area contributed by atoms with Crippen molar-refractivity contribution in [1.29, 1.82) is 0 Å². The zero-order valence-corrected chi connectivity index (χ0v) is 11.1. The molecular formula is C13H15ClN4. The van der Waals surface area contributed by atoms with Crippen molar-refractivity contribution in [2.24, 2.45) is 0 Å². The lowest BCUT2D eigenvalue weighted by Gasteiger charge is -2.17. The molecule has 2 aromatic rings. The molecule has 94 valence electrons. The molecule has 0 saturated carbocycles. The fraction of sp³-hybridized carbons (Fsp3) is 0.231. The van der Waals surface area contributed by atoms with E-state index in [9.17, 15) is 0 Å². The Bertz CT molecular complexity index is 556. The number of aryl methyl sites for hydroxylation is 1. The van der Waals surface area contributed by atoms with Gasteiger partial charge >= 0.3 is 0 Å². The fourth-order valence-electron chi connectivity index (χ4n) is 1.84. The number of nitrogens with zero attached hydrogens (tertiary/aromatic N) is 2. The smallest absolute Gasteiger partial charge is 0.222 e. The highest BCUT2D eigenvalue weighted by molar-refractivity contribution is 6.32. The van der Waals surface area contributed by atoms with Crippen molar-refractivity contribution >= 4 is 23.4 Å². The van der Waals surface area contributed by atoms with Gasteiger partial charge in [0.2, 0.25) is 5.95 Å². The van der Waals surface area contributed by atoms with Crippen LogP contribution in [0.4, 0.5) is 11.8 Å². The lowest BCUT2D eigenvalue weighted by atomic mass is 10.0. The summed E-state index contributed by atoms with van der Waals surface area (Å²) in [6.07, 6.45) is 1.50. The van der Waals surface area contributed by atoms with Gasteiger partial charge in [-0.05, 0) is 25.0 Å². The normalized spacial score (nSPS) is 12.2. The summed E-state index contributed by atoms with van der Waals surface area (Å²) in [5, 5.41) is 3.71. The minimum Gasteiger partial charge on any atom is -0.368 e. The molecule has 0 amide bonds. The average molecular weight is 263 g/mol. The standard InChI is InChI=1S/C13H15ClN4/c1-8-5-3-4-6-10(8)9(2)17-12-11(14)7-16-13(15)18-12/h3-7,9H,1-2H3,(H3,15,16,17,18). The Kier molecular flexibility index (Phi) is 3.67. The molecule has 5 heteroatoms. The largest absolute Gasteiger partial charge is 0.368 e. The Morgan fingerprint density at radius 2 is 2.06 bits per heavy atom. The number of rotatable bonds is 3. The van der Waals surface area contributed by atoms with Crippen LogP contribution in [0.5, 0.6) is 0 Å². The Morgan fingerprint density at radius 1 is 1.33 bits per heavy atom. The number of benzene rings is 1. The molecule has 1 atom stereocenters. The summed E-state index contributed by atoms with van der Waals surface area (Å²) in [6.45, 7) is 4.13. The first-order chi connectivity index (χ1) is 8.58. The molecule has 3 N–H and O–H groups in total. The van der Waals surface area contributed by atoms with Crippen LogP contribution in [0.15, 0.2) is 30.5 Å². The Hall–Kier alpha value is -1.81. The predicted octanol–water partition coefficient (Wildman–Crippen LogP) is 3.19. The minimum atomic E-state index is 0.0954. The molecular weight excluding hydrogens is 248 g/mol. The van der Waals surface area contributed by atoms with Gasteiger partial charge in [0.1, 0.15) is 5.02 Å². The molecule has 0 bridgehead atoms. The van der Waals surface area contributed by atoms with Crippen molar-refractivity contribution in [2.75, 3.05) is 11.1 Å². The third-order valence-electron chi connectivity index (χ3n) is 2.77. The summed E-state index contributed by atoms with van der Waals surface area (Å²) in [7, 11) is 0. The first-order valence-electron chi connectivity index (χ1n) is 5.68. The van der Waals surface area contributed by atoms with Gasteiger partial charge in [-0.25, -0.2) is 4.98 Å². The van der Waals surface area contributed by atoms with E-state index < -0.39 is 0 Å². The molecule has 0 saturated heterocycles. The Labute approximate surface area is 111 Å². The van der Waals surface area contributed by atoms with E-state index in [1.165, 1.54) is 17.3 Å². The van der Waals surface area contributed by atoms with Gasteiger partial charge in [0, 0.05) is 0 Å². The number of nitrogen functional groups attached to an aromatic ring is 1. The van der Waals surface area contributed by atoms with Crippen LogP contribution < -0.4 is 11.1 Å². The van der Waals surface area contributed by atoms with Gasteiger partial charge < -0.3 is 11.1 Å². The third kappa shape index (κ3) is 2.71. The molecule has 0 aliphatic heterocycles. The highest BCUT2D eigenvalue weighted by atomic mass is 35.5. The first kappa shape index (κ1) is 12.6. The maximum atomic E-state index is 6.02. The van der Waals surface area contributed by atoms with E-state index in [1.807, 2.05) is 12.1 Å². The van der Waals surface area contributed by atoms with Crippen LogP contribution >= 0.6 is 11.6 Å². The van der Waals surface area contributed by atoms with Gasteiger partial charge in [-0.15, -0.1) is 0 Å². The SMILES string of the molecule is Cc1ccccc1C(C)Nc1nc(N)ncc1Cl. The minimum absolute atomic E-state index is 0.0954. The number of nitrogens with one attached hydrogen (secondary N) is 1. The van der Waals surface area contributed by atoms with Crippen LogP contribution in [0.25, 0.3) is 0 Å². The van der Waals surface area contributed by atoms with Gasteiger partial charge in [-0.3, -0.25) is 0 Å². The van der Waals surface area contributed by atoms with Gasteiger partial charge in [0.25, 0.3) is 0 Å². The molecule has 4 nitrogen and oxygen atoms in total. The summed E-state index contributed by atoms with van der Waals surface area (Å²) >= 11 is 6.02. The average Bonchev–Trinajstić information content (AvgIpc) is 2.34. The quantitative estimate of drug-likeness (QED) is 0.892. The summed E-state index contributed by atoms with van der Waals surface area (Å²) in [6, 6.07) is 8.27. The first-order valence-corrected chi connectivity index (χ1v) is 6.06. The zero-order valence-electron chi connectivity index (χ0n) is 10.3. The molecule has 0 aliphatic carbocycles. The number of aromatic nitrogens is 2. The second-order valence-electron chi connectivity index (χ2n) is 4.15. The summed E-state index contributed by atoms with van der Waals surface area (Å²) in [5.41, 5.74) is 7.97. The van der Waals surface area contributed by atoms with E-state index in [0.717, 1.165) is 0 Å². The molecule has 1 heterocycles. The van der Waals surface area contributed by atoms with Crippen LogP contribution in [-0.4, -0.2) is 9.97 Å². The Balaban J connectivity index is 2.24. The van der Waals surface area contributed by atoms with Crippen LogP contribution in [-0.2, 0) is 0 Å². The molecule has 1 aromatic carbocycles. The molecule has 0 radical (unpaired) electrons. The third-order valence-corrected chi connectivity index (χ3v) is 3.05. The molecule has 1 aromatic heterocycles. The molecule has 0 aliphatic rings. The molecule has 1 unspecified atom stereocenters. The van der Waals surface area contributed by atoms with E-state index in [4.69, 9.17) is 17.3 Å². The summed E-state index contributed by atoms with van der Waals surface area (Å²) in [5.74, 6) is 0.763. The second kappa shape index (κ2) is 5.23. The van der Waals surface area contributed by atoms with Crippen LogP contribution in [0.2, 0.25) is 5.02 Å². The fourth-order valence-corrected chi connectivity index (χ4v) is 1.98. The molecule has 18 heavy (non-hydrogen) atoms. The van der Waals surface area contributed by atoms with Crippen molar-refractivity contribution in [3.05, 3.63) is 46.6 Å². The van der Waals surface area contributed by atoms with Crippen molar-refractivity contribution in [3.63, 3.8) is 0 Å². The number of hydrogen-bond acceptors (Lipinski definition) is 4. The molecule has 0 spiro atoms. The van der Waals surface area contributed by atoms with Gasteiger partial charge in [-0.1, -0.05) is 35.9 Å². The number of nitrogens with two attached hydrogens (primary N) is 1. The summed E-state index contributed by atoms with van der Waals surface area (Å²) < 4.78 is 0. The van der Waals surface area contributed by atoms with Crippen molar-refractivity contribution < 1.29 is 0 Å². The van der Waals surface area contributed by atoms with E-state index >= 15 is 0 Å². The highest BCUT2D eigenvalue weighted by Gasteiger charge is 2.11. The van der Waals surface area contributed by atoms with Crippen molar-refractivity contribution in [3.8, 4) is 0 Å². The van der Waals surface area contributed by atoms with Gasteiger partial charge in [0.05, 0.1) is 12.2 Å². The molecule has 0 fully saturated rings. The Morgan fingerprint density at radius 3 is 2.78 bits per heavy atom. The number of hydrogen-bond donors (Lipinski definition) is 2. The lowest BCUT2D eigenvalue weighted by molar-refractivity contribution is 0.863. The van der Waals surface area contributed by atoms with E-state index in [1.54, 1.807) is 0 Å². The van der Waals surface area contributed by atoms with Crippen LogP contribution in [0, 0.1) is 6.92 Å². The monoisotopic (exact) mass is 262 g/mol. The maximum Gasteiger partial charge on any atom is 0.222 e. The predicted molar refractivity (Wildman–Crippen MR) is 74.7 cm³/mol. The van der Waals surface area contributed by atoms with Crippen molar-refractivity contribution in [2.45, 2.75) is 19.9 Å². The van der Waals surface area contributed by atoms with Crippen LogP contribution in [0.1, 0.15) is 24.1 Å². The topological polar surface area (TPSA) is 63.8 Å². The van der Waals surface area contributed by atoms with E-state index in [-0.39, 0.29) is 12.0 Å². The summed E-state index contributed by atoms with van der Waals surface area (Å²) in [4.78, 5) is 7.92. The number of anilines is 2. The van der Waals surface area contributed by atoms with Gasteiger partial charge in [0.15, 0.2) is 5.82 Å². The van der Waals surface area contributed by atoms with Crippen LogP contribution in [0.3, 0.4) is 0 Å². The number of halogens is 1. The zero-order chi connectivity index (χ0) is 13.1. The van der Waals surface area contributed by atoms with Crippen molar-refractivity contribution in [1.82, 2.24) is 9.97 Å². The lowest BCUT2D eigenvalue weighted by Crippen LogP contribution is -2.10. The second-order valence-corrected chi connectivity index (χ2v) is 4.55. The van der Waals surface area contributed by atoms with Gasteiger partial charge in [-0.2, -0.15) is 4.98 Å². The van der Waals surface area contributed by atoms with E-state index in [0.29, 0.717) is 10.8 Å². The maximum absolute atomic E-state index is 6.02. The molecule has 2 rings (SSSR count). The van der Waals surface area contributed by atoms with E-state index in [2.05, 4.69) is 41.3 Å². The highest BCUT2D eigenvalue weighted by Crippen LogP contribution is 2.25.